The molecule has 0 aliphatic carbocycles. The lowest BCUT2D eigenvalue weighted by Crippen LogP contribution is -2.52. The van der Waals surface area contributed by atoms with Crippen LogP contribution in [0.3, 0.4) is 0 Å². The lowest BCUT2D eigenvalue weighted by atomic mass is 9.92. The summed E-state index contributed by atoms with van der Waals surface area (Å²) in [5.41, 5.74) is -0.687. The number of benzene rings is 1. The fourth-order valence-electron chi connectivity index (χ4n) is 2.68. The first-order valence-corrected chi connectivity index (χ1v) is 6.35. The van der Waals surface area contributed by atoms with Gasteiger partial charge in [-0.3, -0.25) is 4.79 Å². The van der Waals surface area contributed by atoms with Crippen LogP contribution in [-0.4, -0.2) is 39.1 Å². The molecule has 1 heterocycles. The summed E-state index contributed by atoms with van der Waals surface area (Å²) in [5.74, 6) is -1.15. The molecule has 1 aromatic rings. The molecule has 1 amide bonds. The van der Waals surface area contributed by atoms with Gasteiger partial charge in [-0.15, -0.1) is 0 Å². The Morgan fingerprint density at radius 1 is 1.32 bits per heavy atom. The van der Waals surface area contributed by atoms with Gasteiger partial charge in [0.25, 0.3) is 5.91 Å². The second-order valence-corrected chi connectivity index (χ2v) is 4.80. The van der Waals surface area contributed by atoms with E-state index in [9.17, 15) is 19.8 Å². The third kappa shape index (κ3) is 2.16. The van der Waals surface area contributed by atoms with Crippen molar-refractivity contribution in [3.63, 3.8) is 0 Å². The van der Waals surface area contributed by atoms with E-state index in [1.807, 2.05) is 0 Å². The van der Waals surface area contributed by atoms with Crippen LogP contribution in [0.1, 0.15) is 36.5 Å². The molecular formula is C14H17NO4. The van der Waals surface area contributed by atoms with Crippen LogP contribution in [-0.2, 0) is 4.79 Å². The van der Waals surface area contributed by atoms with Crippen LogP contribution in [0.15, 0.2) is 24.3 Å². The molecule has 5 heteroatoms. The maximum Gasteiger partial charge on any atom is 0.329 e. The number of carbonyl (C=O) groups excluding carboxylic acids is 1. The molecule has 2 N–H and O–H groups in total. The molecule has 5 nitrogen and oxygen atoms in total. The summed E-state index contributed by atoms with van der Waals surface area (Å²) in [7, 11) is 0. The maximum absolute atomic E-state index is 12.4. The Bertz CT molecular complexity index is 497. The number of carbonyl (C=O) groups is 2. The minimum atomic E-state index is -1.09. The van der Waals surface area contributed by atoms with Gasteiger partial charge < -0.3 is 15.1 Å². The van der Waals surface area contributed by atoms with Crippen LogP contribution in [0.2, 0.25) is 0 Å². The van der Waals surface area contributed by atoms with Gasteiger partial charge in [0.1, 0.15) is 11.3 Å². The Hall–Kier alpha value is -2.04. The number of phenolic OH excluding ortho intramolecular Hbond substituents is 1. The minimum Gasteiger partial charge on any atom is -0.508 e. The standard InChI is InChI=1S/C14H17NO4/c1-2-14(13(18)19)8-3-9-15(14)12(17)10-4-6-11(16)7-5-10/h4-7,16H,2-3,8-9H2,1H3,(H,18,19). The van der Waals surface area contributed by atoms with Gasteiger partial charge in [-0.1, -0.05) is 6.92 Å². The Balaban J connectivity index is 2.32. The number of aliphatic carboxylic acids is 1. The van der Waals surface area contributed by atoms with Crippen LogP contribution in [0.5, 0.6) is 5.75 Å². The SMILES string of the molecule is CCC1(C(=O)O)CCCN1C(=O)c1ccc(O)cc1. The molecule has 0 radical (unpaired) electrons. The number of phenols is 1. The number of likely N-dealkylation sites (tertiary alicyclic amines) is 1. The summed E-state index contributed by atoms with van der Waals surface area (Å²) in [6, 6.07) is 5.88. The number of rotatable bonds is 3. The van der Waals surface area contributed by atoms with Crippen molar-refractivity contribution in [3.05, 3.63) is 29.8 Å². The van der Waals surface area contributed by atoms with Gasteiger partial charge in [0.05, 0.1) is 0 Å². The number of amides is 1. The van der Waals surface area contributed by atoms with Gasteiger partial charge in [0.15, 0.2) is 0 Å². The Morgan fingerprint density at radius 3 is 2.47 bits per heavy atom. The molecule has 2 rings (SSSR count). The van der Waals surface area contributed by atoms with Crippen molar-refractivity contribution in [1.29, 1.82) is 0 Å². The highest BCUT2D eigenvalue weighted by atomic mass is 16.4. The van der Waals surface area contributed by atoms with E-state index in [1.54, 1.807) is 6.92 Å². The van der Waals surface area contributed by atoms with E-state index in [1.165, 1.54) is 29.2 Å². The van der Waals surface area contributed by atoms with Crippen LogP contribution in [0.25, 0.3) is 0 Å². The minimum absolute atomic E-state index is 0.0814. The Morgan fingerprint density at radius 2 is 1.95 bits per heavy atom. The topological polar surface area (TPSA) is 77.8 Å². The van der Waals surface area contributed by atoms with E-state index < -0.39 is 11.5 Å². The van der Waals surface area contributed by atoms with Crippen LogP contribution in [0, 0.1) is 0 Å². The second-order valence-electron chi connectivity index (χ2n) is 4.80. The Kier molecular flexibility index (Phi) is 3.46. The van der Waals surface area contributed by atoms with Gasteiger partial charge in [-0.2, -0.15) is 0 Å². The molecule has 0 bridgehead atoms. The van der Waals surface area contributed by atoms with Crippen molar-refractivity contribution in [2.75, 3.05) is 6.54 Å². The third-order valence-electron chi connectivity index (χ3n) is 3.83. The summed E-state index contributed by atoms with van der Waals surface area (Å²) < 4.78 is 0. The zero-order valence-corrected chi connectivity index (χ0v) is 10.8. The van der Waals surface area contributed by atoms with Crippen molar-refractivity contribution in [1.82, 2.24) is 4.90 Å². The summed E-state index contributed by atoms with van der Waals surface area (Å²) in [6.07, 6.45) is 1.58. The highest BCUT2D eigenvalue weighted by Gasteiger charge is 2.48. The first-order valence-electron chi connectivity index (χ1n) is 6.35. The monoisotopic (exact) mass is 263 g/mol. The van der Waals surface area contributed by atoms with Gasteiger partial charge in [-0.05, 0) is 43.5 Å². The summed E-state index contributed by atoms with van der Waals surface area (Å²) in [6.45, 7) is 2.25. The number of hydrogen-bond donors (Lipinski definition) is 2. The fourth-order valence-corrected chi connectivity index (χ4v) is 2.68. The highest BCUT2D eigenvalue weighted by Crippen LogP contribution is 2.34. The van der Waals surface area contributed by atoms with E-state index in [0.717, 1.165) is 0 Å². The lowest BCUT2D eigenvalue weighted by molar-refractivity contribution is -0.148. The van der Waals surface area contributed by atoms with Crippen molar-refractivity contribution in [2.45, 2.75) is 31.7 Å². The molecule has 102 valence electrons. The molecule has 1 aliphatic rings. The quantitative estimate of drug-likeness (QED) is 0.872. The summed E-state index contributed by atoms with van der Waals surface area (Å²) in [5, 5.41) is 18.7. The third-order valence-corrected chi connectivity index (χ3v) is 3.83. The maximum atomic E-state index is 12.4. The van der Waals surface area contributed by atoms with Crippen LogP contribution >= 0.6 is 0 Å². The first kappa shape index (κ1) is 13.4. The van der Waals surface area contributed by atoms with E-state index in [2.05, 4.69) is 0 Å². The zero-order chi connectivity index (χ0) is 14.0. The van der Waals surface area contributed by atoms with Gasteiger partial charge >= 0.3 is 5.97 Å². The molecule has 1 atom stereocenters. The Labute approximate surface area is 111 Å². The molecule has 0 spiro atoms. The highest BCUT2D eigenvalue weighted by molar-refractivity contribution is 5.98. The van der Waals surface area contributed by atoms with Gasteiger partial charge in [0.2, 0.25) is 0 Å². The van der Waals surface area contributed by atoms with Crippen molar-refractivity contribution in [2.24, 2.45) is 0 Å². The van der Waals surface area contributed by atoms with Crippen molar-refractivity contribution >= 4 is 11.9 Å². The van der Waals surface area contributed by atoms with Crippen LogP contribution < -0.4 is 0 Å². The van der Waals surface area contributed by atoms with Gasteiger partial charge in [0, 0.05) is 12.1 Å². The predicted octanol–water partition coefficient (Wildman–Crippen LogP) is 1.86. The van der Waals surface area contributed by atoms with Crippen molar-refractivity contribution < 1.29 is 19.8 Å². The van der Waals surface area contributed by atoms with Gasteiger partial charge in [-0.25, -0.2) is 4.79 Å². The first-order chi connectivity index (χ1) is 9.01. The molecule has 0 aromatic heterocycles. The molecular weight excluding hydrogens is 246 g/mol. The van der Waals surface area contributed by atoms with E-state index >= 15 is 0 Å². The lowest BCUT2D eigenvalue weighted by Gasteiger charge is -2.34. The predicted molar refractivity (Wildman–Crippen MR) is 69.0 cm³/mol. The van der Waals surface area contributed by atoms with E-state index in [4.69, 9.17) is 0 Å². The molecule has 1 aliphatic heterocycles. The van der Waals surface area contributed by atoms with E-state index in [0.29, 0.717) is 31.4 Å². The smallest absolute Gasteiger partial charge is 0.329 e. The number of carboxylic acid groups (broad SMARTS) is 1. The summed E-state index contributed by atoms with van der Waals surface area (Å²) >= 11 is 0. The van der Waals surface area contributed by atoms with Crippen LogP contribution in [0.4, 0.5) is 0 Å². The number of nitrogens with zero attached hydrogens (tertiary/aromatic N) is 1. The van der Waals surface area contributed by atoms with E-state index in [-0.39, 0.29) is 11.7 Å². The molecule has 1 fully saturated rings. The fraction of sp³-hybridized carbons (Fsp3) is 0.429. The average Bonchev–Trinajstić information content (AvgIpc) is 2.83. The number of carboxylic acids is 1. The largest absolute Gasteiger partial charge is 0.508 e. The molecule has 1 saturated heterocycles. The number of aromatic hydroxyl groups is 1. The molecule has 1 aromatic carbocycles. The molecule has 1 unspecified atom stereocenters. The second kappa shape index (κ2) is 4.91. The molecule has 0 saturated carbocycles. The molecule has 19 heavy (non-hydrogen) atoms. The number of hydrogen-bond acceptors (Lipinski definition) is 3. The summed E-state index contributed by atoms with van der Waals surface area (Å²) in [4.78, 5) is 25.4. The average molecular weight is 263 g/mol. The van der Waals surface area contributed by atoms with Crippen molar-refractivity contribution in [3.8, 4) is 5.75 Å². The zero-order valence-electron chi connectivity index (χ0n) is 10.8. The normalized spacial score (nSPS) is 22.5.